The highest BCUT2D eigenvalue weighted by Crippen LogP contribution is 2.21. The van der Waals surface area contributed by atoms with Gasteiger partial charge in [0.05, 0.1) is 0 Å². The molecule has 3 aromatic rings. The molecule has 29 heavy (non-hydrogen) atoms. The largest absolute Gasteiger partial charge is 0.384 e. The van der Waals surface area contributed by atoms with E-state index in [1.807, 2.05) is 47.4 Å². The first kappa shape index (κ1) is 18.7. The van der Waals surface area contributed by atoms with E-state index >= 15 is 0 Å². The Kier molecular flexibility index (Phi) is 4.99. The van der Waals surface area contributed by atoms with Crippen molar-refractivity contribution in [3.63, 3.8) is 0 Å². The Morgan fingerprint density at radius 3 is 1.93 bits per heavy atom. The number of amidine groups is 1. The summed E-state index contributed by atoms with van der Waals surface area (Å²) in [4.78, 5) is 29.4. The highest BCUT2D eigenvalue weighted by molar-refractivity contribution is 6.07. The van der Waals surface area contributed by atoms with Crippen LogP contribution in [0.25, 0.3) is 10.8 Å². The fourth-order valence-electron chi connectivity index (χ4n) is 3.67. The predicted octanol–water partition coefficient (Wildman–Crippen LogP) is 2.72. The first-order valence-electron chi connectivity index (χ1n) is 9.55. The molecule has 146 valence electrons. The minimum atomic E-state index is -0.0719. The van der Waals surface area contributed by atoms with Crippen LogP contribution < -0.4 is 5.73 Å². The van der Waals surface area contributed by atoms with E-state index in [4.69, 9.17) is 11.1 Å². The van der Waals surface area contributed by atoms with E-state index in [9.17, 15) is 9.59 Å². The number of fused-ring (bicyclic) bond motifs is 1. The van der Waals surface area contributed by atoms with Gasteiger partial charge in [0.2, 0.25) is 0 Å². The van der Waals surface area contributed by atoms with Crippen LogP contribution in [0.5, 0.6) is 0 Å². The number of hydrogen-bond donors (Lipinski definition) is 2. The van der Waals surface area contributed by atoms with E-state index in [-0.39, 0.29) is 17.6 Å². The lowest BCUT2D eigenvalue weighted by Crippen LogP contribution is -2.50. The standard InChI is InChI=1S/C23H22N4O2/c24-21(25)17-8-10-18(11-9-17)22(28)26-12-14-27(15-13-26)23(29)20-7-3-5-16-4-1-2-6-19(16)20/h1-11H,12-15H2,(H3,24,25). The van der Waals surface area contributed by atoms with E-state index in [2.05, 4.69) is 0 Å². The summed E-state index contributed by atoms with van der Waals surface area (Å²) in [7, 11) is 0. The maximum absolute atomic E-state index is 13.1. The van der Waals surface area contributed by atoms with Crippen LogP contribution >= 0.6 is 0 Å². The average molecular weight is 386 g/mol. The van der Waals surface area contributed by atoms with Crippen molar-refractivity contribution in [3.8, 4) is 0 Å². The first-order valence-corrected chi connectivity index (χ1v) is 9.55. The minimum absolute atomic E-state index is 0.000268. The van der Waals surface area contributed by atoms with Crippen molar-refractivity contribution < 1.29 is 9.59 Å². The van der Waals surface area contributed by atoms with Gasteiger partial charge in [0.25, 0.3) is 11.8 Å². The SMILES string of the molecule is N=C(N)c1ccc(C(=O)N2CCN(C(=O)c3cccc4ccccc34)CC2)cc1. The number of nitrogens with zero attached hydrogens (tertiary/aromatic N) is 2. The Morgan fingerprint density at radius 2 is 1.28 bits per heavy atom. The number of amides is 2. The van der Waals surface area contributed by atoms with E-state index in [0.717, 1.165) is 10.8 Å². The van der Waals surface area contributed by atoms with Crippen LogP contribution in [0.3, 0.4) is 0 Å². The van der Waals surface area contributed by atoms with E-state index in [1.54, 1.807) is 29.2 Å². The molecule has 1 saturated heterocycles. The molecule has 1 aliphatic heterocycles. The average Bonchev–Trinajstić information content (AvgIpc) is 2.78. The molecule has 0 atom stereocenters. The van der Waals surface area contributed by atoms with Crippen LogP contribution in [0.15, 0.2) is 66.7 Å². The molecule has 0 aliphatic carbocycles. The van der Waals surface area contributed by atoms with Gasteiger partial charge in [-0.1, -0.05) is 48.5 Å². The zero-order chi connectivity index (χ0) is 20.4. The number of piperazine rings is 1. The smallest absolute Gasteiger partial charge is 0.254 e. The van der Waals surface area contributed by atoms with Crippen molar-refractivity contribution in [2.45, 2.75) is 0 Å². The quantitative estimate of drug-likeness (QED) is 0.536. The monoisotopic (exact) mass is 386 g/mol. The molecule has 0 spiro atoms. The Hall–Kier alpha value is -3.67. The van der Waals surface area contributed by atoms with Crippen molar-refractivity contribution >= 4 is 28.4 Å². The maximum atomic E-state index is 13.1. The molecule has 0 unspecified atom stereocenters. The Balaban J connectivity index is 1.44. The molecule has 0 bridgehead atoms. The summed E-state index contributed by atoms with van der Waals surface area (Å²) in [5.74, 6) is -0.0957. The summed E-state index contributed by atoms with van der Waals surface area (Å²) < 4.78 is 0. The van der Waals surface area contributed by atoms with Crippen molar-refractivity contribution in [3.05, 3.63) is 83.4 Å². The summed E-state index contributed by atoms with van der Waals surface area (Å²) >= 11 is 0. The summed E-state index contributed by atoms with van der Waals surface area (Å²) in [6.45, 7) is 1.98. The van der Waals surface area contributed by atoms with Gasteiger partial charge in [0, 0.05) is 42.9 Å². The van der Waals surface area contributed by atoms with E-state index in [0.29, 0.717) is 42.9 Å². The van der Waals surface area contributed by atoms with Crippen LogP contribution in [0.2, 0.25) is 0 Å². The number of hydrogen-bond acceptors (Lipinski definition) is 3. The normalized spacial score (nSPS) is 14.1. The molecule has 1 aliphatic rings. The molecule has 1 fully saturated rings. The molecular weight excluding hydrogens is 364 g/mol. The number of nitrogens with two attached hydrogens (primary N) is 1. The fraction of sp³-hybridized carbons (Fsp3) is 0.174. The van der Waals surface area contributed by atoms with Gasteiger partial charge in [0.15, 0.2) is 0 Å². The third-order valence-electron chi connectivity index (χ3n) is 5.32. The van der Waals surface area contributed by atoms with Crippen LogP contribution in [0.1, 0.15) is 26.3 Å². The number of rotatable bonds is 3. The first-order chi connectivity index (χ1) is 14.0. The zero-order valence-corrected chi connectivity index (χ0v) is 16.0. The maximum Gasteiger partial charge on any atom is 0.254 e. The summed E-state index contributed by atoms with van der Waals surface area (Å²) in [6, 6.07) is 20.4. The molecule has 1 heterocycles. The summed E-state index contributed by atoms with van der Waals surface area (Å²) in [5.41, 5.74) is 7.31. The molecule has 0 saturated carbocycles. The number of carbonyl (C=O) groups is 2. The molecule has 2 amide bonds. The van der Waals surface area contributed by atoms with Crippen molar-refractivity contribution in [1.82, 2.24) is 9.80 Å². The second kappa shape index (κ2) is 7.75. The lowest BCUT2D eigenvalue weighted by Gasteiger charge is -2.35. The van der Waals surface area contributed by atoms with Crippen LogP contribution in [-0.2, 0) is 0 Å². The van der Waals surface area contributed by atoms with Gasteiger partial charge < -0.3 is 15.5 Å². The molecule has 0 radical (unpaired) electrons. The third-order valence-corrected chi connectivity index (χ3v) is 5.32. The van der Waals surface area contributed by atoms with Crippen molar-refractivity contribution in [2.75, 3.05) is 26.2 Å². The summed E-state index contributed by atoms with van der Waals surface area (Å²) in [5, 5.41) is 9.43. The Morgan fingerprint density at radius 1 is 0.724 bits per heavy atom. The zero-order valence-electron chi connectivity index (χ0n) is 16.0. The van der Waals surface area contributed by atoms with Gasteiger partial charge in [-0.25, -0.2) is 0 Å². The van der Waals surface area contributed by atoms with Gasteiger partial charge in [-0.15, -0.1) is 0 Å². The number of carbonyl (C=O) groups excluding carboxylic acids is 2. The van der Waals surface area contributed by atoms with Gasteiger partial charge in [-0.3, -0.25) is 15.0 Å². The van der Waals surface area contributed by atoms with Crippen LogP contribution in [0, 0.1) is 5.41 Å². The number of benzene rings is 3. The predicted molar refractivity (Wildman–Crippen MR) is 113 cm³/mol. The fourth-order valence-corrected chi connectivity index (χ4v) is 3.67. The van der Waals surface area contributed by atoms with Crippen LogP contribution in [0.4, 0.5) is 0 Å². The summed E-state index contributed by atoms with van der Waals surface area (Å²) in [6.07, 6.45) is 0. The molecule has 0 aromatic heterocycles. The van der Waals surface area contributed by atoms with Gasteiger partial charge in [0.1, 0.15) is 5.84 Å². The minimum Gasteiger partial charge on any atom is -0.384 e. The van der Waals surface area contributed by atoms with Crippen molar-refractivity contribution in [2.24, 2.45) is 5.73 Å². The lowest BCUT2D eigenvalue weighted by molar-refractivity contribution is 0.0536. The molecular formula is C23H22N4O2. The molecule has 4 rings (SSSR count). The van der Waals surface area contributed by atoms with Crippen LogP contribution in [-0.4, -0.2) is 53.6 Å². The second-order valence-corrected chi connectivity index (χ2v) is 7.10. The third kappa shape index (κ3) is 3.69. The molecule has 3 aromatic carbocycles. The number of nitrogens with one attached hydrogen (secondary N) is 1. The Labute approximate surface area is 169 Å². The Bertz CT molecular complexity index is 1080. The van der Waals surface area contributed by atoms with Gasteiger partial charge in [-0.2, -0.15) is 0 Å². The highest BCUT2D eigenvalue weighted by atomic mass is 16.2. The lowest BCUT2D eigenvalue weighted by atomic mass is 10.0. The van der Waals surface area contributed by atoms with Crippen molar-refractivity contribution in [1.29, 1.82) is 5.41 Å². The van der Waals surface area contributed by atoms with Gasteiger partial charge >= 0.3 is 0 Å². The van der Waals surface area contributed by atoms with E-state index in [1.165, 1.54) is 0 Å². The highest BCUT2D eigenvalue weighted by Gasteiger charge is 2.26. The van der Waals surface area contributed by atoms with Gasteiger partial charge in [-0.05, 0) is 29.0 Å². The molecule has 3 N–H and O–H groups in total. The molecule has 6 heteroatoms. The van der Waals surface area contributed by atoms with E-state index < -0.39 is 0 Å². The topological polar surface area (TPSA) is 90.5 Å². The number of nitrogen functional groups attached to an aromatic ring is 1. The molecule has 6 nitrogen and oxygen atoms in total. The second-order valence-electron chi connectivity index (χ2n) is 7.10.